The number of aryl methyl sites for hydroxylation is 1. The third-order valence-corrected chi connectivity index (χ3v) is 9.91. The van der Waals surface area contributed by atoms with Crippen molar-refractivity contribution in [2.45, 2.75) is 69.7 Å². The number of aliphatic carboxylic acids is 1. The molecular weight excluding hydrogens is 490 g/mol. The molecule has 1 N–H and O–H groups in total. The van der Waals surface area contributed by atoms with Gasteiger partial charge in [-0.05, 0) is 103 Å². The van der Waals surface area contributed by atoms with Gasteiger partial charge in [-0.3, -0.25) is 9.69 Å². The molecule has 3 heterocycles. The minimum Gasteiger partial charge on any atom is -0.480 e. The Morgan fingerprint density at radius 3 is 2.51 bits per heavy atom. The van der Waals surface area contributed by atoms with Crippen molar-refractivity contribution in [1.29, 1.82) is 0 Å². The Balaban J connectivity index is 1.12. The number of hydrogen-bond acceptors (Lipinski definition) is 4. The highest BCUT2D eigenvalue weighted by Gasteiger charge is 2.41. The molecule has 1 aliphatic carbocycles. The highest BCUT2D eigenvalue weighted by Crippen LogP contribution is 2.39. The second-order valence-electron chi connectivity index (χ2n) is 11.6. The number of carbonyl (C=O) groups is 1. The van der Waals surface area contributed by atoms with Crippen LogP contribution in [0.1, 0.15) is 68.4 Å². The van der Waals surface area contributed by atoms with Gasteiger partial charge in [-0.25, -0.2) is 8.78 Å². The smallest absolute Gasteiger partial charge is 0.320 e. The fourth-order valence-electron chi connectivity index (χ4n) is 6.74. The summed E-state index contributed by atoms with van der Waals surface area (Å²) >= 11 is 1.73. The number of halogens is 2. The van der Waals surface area contributed by atoms with Gasteiger partial charge in [-0.2, -0.15) is 11.3 Å². The Morgan fingerprint density at radius 1 is 1.05 bits per heavy atom. The van der Waals surface area contributed by atoms with Crippen molar-refractivity contribution in [2.24, 2.45) is 17.8 Å². The first-order chi connectivity index (χ1) is 18.0. The Bertz CT molecular complexity index is 1020. The quantitative estimate of drug-likeness (QED) is 0.364. The molecule has 202 valence electrons. The van der Waals surface area contributed by atoms with Crippen molar-refractivity contribution >= 4 is 17.3 Å². The molecule has 2 aliphatic heterocycles. The lowest BCUT2D eigenvalue weighted by Crippen LogP contribution is -2.43. The van der Waals surface area contributed by atoms with Crippen LogP contribution < -0.4 is 0 Å². The van der Waals surface area contributed by atoms with Gasteiger partial charge in [0.1, 0.15) is 6.04 Å². The standard InChI is InChI=1S/C30H40F2N2O2S/c31-27-8-7-23(15-28(27)32)6-1-3-21-9-12-33(13-10-21)17-25-18-34(19-26(25)24-11-14-37-20-24)29(30(35)36)16-22-4-2-5-22/h7-8,11,14-15,20-22,25-26,29H,1-6,9-10,12-13,16-19H2,(H,35,36)/t25-,26+,29+/m0/s1. The molecule has 0 amide bonds. The van der Waals surface area contributed by atoms with Crippen LogP contribution in [-0.2, 0) is 11.2 Å². The average molecular weight is 531 g/mol. The number of nitrogens with zero attached hydrogens (tertiary/aromatic N) is 2. The second kappa shape index (κ2) is 12.4. The Labute approximate surface area is 223 Å². The fourth-order valence-corrected chi connectivity index (χ4v) is 7.46. The normalized spacial score (nSPS) is 24.8. The second-order valence-corrected chi connectivity index (χ2v) is 12.4. The number of hydrogen-bond donors (Lipinski definition) is 1. The molecule has 3 aliphatic rings. The molecule has 4 nitrogen and oxygen atoms in total. The zero-order valence-corrected chi connectivity index (χ0v) is 22.5. The number of rotatable bonds is 11. The molecule has 0 spiro atoms. The number of thiophene rings is 1. The van der Waals surface area contributed by atoms with Gasteiger partial charge < -0.3 is 10.0 Å². The highest BCUT2D eigenvalue weighted by molar-refractivity contribution is 7.08. The first-order valence-corrected chi connectivity index (χ1v) is 15.1. The van der Waals surface area contributed by atoms with Crippen LogP contribution in [0.4, 0.5) is 8.78 Å². The topological polar surface area (TPSA) is 43.8 Å². The van der Waals surface area contributed by atoms with E-state index in [4.69, 9.17) is 0 Å². The van der Waals surface area contributed by atoms with E-state index < -0.39 is 17.6 Å². The summed E-state index contributed by atoms with van der Waals surface area (Å²) in [5.74, 6) is -0.0461. The number of piperidine rings is 1. The Morgan fingerprint density at radius 2 is 1.86 bits per heavy atom. The third kappa shape index (κ3) is 6.79. The molecule has 0 radical (unpaired) electrons. The molecule has 5 rings (SSSR count). The lowest BCUT2D eigenvalue weighted by Gasteiger charge is -2.35. The summed E-state index contributed by atoms with van der Waals surface area (Å²) in [6.07, 6.45) is 9.70. The van der Waals surface area contributed by atoms with Crippen LogP contribution in [0.2, 0.25) is 0 Å². The van der Waals surface area contributed by atoms with Crippen LogP contribution in [0.15, 0.2) is 35.0 Å². The van der Waals surface area contributed by atoms with E-state index in [1.807, 2.05) is 0 Å². The maximum atomic E-state index is 13.5. The van der Waals surface area contributed by atoms with E-state index in [2.05, 4.69) is 26.6 Å². The SMILES string of the molecule is O=C(O)[C@@H](CC1CCC1)N1C[C@H](CN2CCC(CCCc3ccc(F)c(F)c3)CC2)[C@@H](c2ccsc2)C1. The summed E-state index contributed by atoms with van der Waals surface area (Å²) in [4.78, 5) is 17.1. The maximum Gasteiger partial charge on any atom is 0.320 e. The first kappa shape index (κ1) is 26.8. The summed E-state index contributed by atoms with van der Waals surface area (Å²) in [5.41, 5.74) is 2.25. The minimum absolute atomic E-state index is 0.350. The maximum absolute atomic E-state index is 13.5. The van der Waals surface area contributed by atoms with Crippen LogP contribution in [0.5, 0.6) is 0 Å². The van der Waals surface area contributed by atoms with E-state index in [-0.39, 0.29) is 6.04 Å². The number of likely N-dealkylation sites (tertiary alicyclic amines) is 2. The molecule has 1 saturated carbocycles. The molecule has 2 aromatic rings. The molecule has 1 aromatic heterocycles. The predicted molar refractivity (Wildman–Crippen MR) is 144 cm³/mol. The summed E-state index contributed by atoms with van der Waals surface area (Å²) in [7, 11) is 0. The predicted octanol–water partition coefficient (Wildman–Crippen LogP) is 6.42. The molecule has 37 heavy (non-hydrogen) atoms. The summed E-state index contributed by atoms with van der Waals surface area (Å²) in [6.45, 7) is 4.94. The van der Waals surface area contributed by atoms with E-state index in [9.17, 15) is 18.7 Å². The van der Waals surface area contributed by atoms with E-state index in [1.165, 1.54) is 49.8 Å². The molecule has 7 heteroatoms. The monoisotopic (exact) mass is 530 g/mol. The lowest BCUT2D eigenvalue weighted by molar-refractivity contribution is -0.144. The van der Waals surface area contributed by atoms with Crippen molar-refractivity contribution in [1.82, 2.24) is 9.80 Å². The third-order valence-electron chi connectivity index (χ3n) is 9.21. The van der Waals surface area contributed by atoms with Gasteiger partial charge in [0.25, 0.3) is 0 Å². The van der Waals surface area contributed by atoms with Crippen molar-refractivity contribution < 1.29 is 18.7 Å². The van der Waals surface area contributed by atoms with Gasteiger partial charge in [0.15, 0.2) is 11.6 Å². The van der Waals surface area contributed by atoms with Gasteiger partial charge in [-0.1, -0.05) is 31.7 Å². The van der Waals surface area contributed by atoms with Gasteiger partial charge >= 0.3 is 5.97 Å². The lowest BCUT2D eigenvalue weighted by atomic mass is 9.80. The number of benzene rings is 1. The molecule has 3 atom stereocenters. The van der Waals surface area contributed by atoms with E-state index in [0.717, 1.165) is 64.0 Å². The van der Waals surface area contributed by atoms with E-state index >= 15 is 0 Å². The Kier molecular flexibility index (Phi) is 8.93. The van der Waals surface area contributed by atoms with Gasteiger partial charge in [0, 0.05) is 25.6 Å². The number of carboxylic acid groups (broad SMARTS) is 1. The molecule has 0 unspecified atom stereocenters. The van der Waals surface area contributed by atoms with Gasteiger partial charge in [0.2, 0.25) is 0 Å². The summed E-state index contributed by atoms with van der Waals surface area (Å²) < 4.78 is 26.6. The highest BCUT2D eigenvalue weighted by atomic mass is 32.1. The van der Waals surface area contributed by atoms with E-state index in [1.54, 1.807) is 17.4 Å². The van der Waals surface area contributed by atoms with Crippen molar-refractivity contribution in [3.63, 3.8) is 0 Å². The molecule has 2 saturated heterocycles. The van der Waals surface area contributed by atoms with E-state index in [0.29, 0.717) is 23.7 Å². The van der Waals surface area contributed by atoms with Gasteiger partial charge in [0.05, 0.1) is 0 Å². The summed E-state index contributed by atoms with van der Waals surface area (Å²) in [6, 6.07) is 6.12. The number of carboxylic acids is 1. The van der Waals surface area contributed by atoms with Crippen LogP contribution in [0.25, 0.3) is 0 Å². The fraction of sp³-hybridized carbons (Fsp3) is 0.633. The zero-order valence-electron chi connectivity index (χ0n) is 21.7. The van der Waals surface area contributed by atoms with Gasteiger partial charge in [-0.15, -0.1) is 0 Å². The Hall–Kier alpha value is -1.83. The largest absolute Gasteiger partial charge is 0.480 e. The van der Waals surface area contributed by atoms with Crippen LogP contribution in [-0.4, -0.2) is 59.6 Å². The zero-order chi connectivity index (χ0) is 25.8. The molecule has 0 bridgehead atoms. The molecule has 3 fully saturated rings. The van der Waals surface area contributed by atoms with Crippen LogP contribution >= 0.6 is 11.3 Å². The average Bonchev–Trinajstić information content (AvgIpc) is 3.52. The minimum atomic E-state index is -0.778. The molecule has 1 aromatic carbocycles. The summed E-state index contributed by atoms with van der Waals surface area (Å²) in [5, 5.41) is 14.4. The van der Waals surface area contributed by atoms with Crippen molar-refractivity contribution in [3.05, 3.63) is 57.8 Å². The molecular formula is C30H40F2N2O2S. The van der Waals surface area contributed by atoms with Crippen molar-refractivity contribution in [2.75, 3.05) is 32.7 Å². The van der Waals surface area contributed by atoms with Crippen LogP contribution in [0, 0.1) is 29.4 Å². The van der Waals surface area contributed by atoms with Crippen molar-refractivity contribution in [3.8, 4) is 0 Å². The van der Waals surface area contributed by atoms with Crippen LogP contribution in [0.3, 0.4) is 0 Å². The first-order valence-electron chi connectivity index (χ1n) is 14.1.